The van der Waals surface area contributed by atoms with Crippen LogP contribution < -0.4 is 22.1 Å². The number of aliphatic hydroxyl groups is 1. The average molecular weight is 562 g/mol. The quantitative estimate of drug-likeness (QED) is 0.184. The largest absolute Gasteiger partial charge is 0.391 e. The van der Waals surface area contributed by atoms with Crippen LogP contribution in [-0.4, -0.2) is 73.4 Å². The highest BCUT2D eigenvalue weighted by Crippen LogP contribution is 2.33. The number of nitrogens with one attached hydrogen (secondary N) is 2. The third-order valence-corrected chi connectivity index (χ3v) is 8.27. The molecule has 7 N–H and O–H groups in total. The number of benzene rings is 1. The smallest absolute Gasteiger partial charge is 0.224 e. The topological polar surface area (TPSA) is 143 Å². The maximum Gasteiger partial charge on any atom is 0.224 e. The minimum Gasteiger partial charge on any atom is -0.391 e. The molecule has 0 radical (unpaired) electrons. The molecule has 228 valence electrons. The number of carbonyl (C=O) groups is 2. The maximum absolute atomic E-state index is 13.1. The molecular weight excluding hydrogens is 506 g/mol. The van der Waals surface area contributed by atoms with Gasteiger partial charge in [0.1, 0.15) is 0 Å². The lowest BCUT2D eigenvalue weighted by Crippen LogP contribution is -2.50. The molecule has 2 amide bonds. The number of hydrogen-bond acceptors (Lipinski definition) is 7. The van der Waals surface area contributed by atoms with Crippen molar-refractivity contribution in [3.63, 3.8) is 0 Å². The number of nitrogens with two attached hydrogens (primary N) is 2. The summed E-state index contributed by atoms with van der Waals surface area (Å²) < 4.78 is 5.36. The molecule has 0 aromatic heterocycles. The molecule has 1 aliphatic rings. The second-order valence-corrected chi connectivity index (χ2v) is 12.7. The first kappa shape index (κ1) is 34.0. The van der Waals surface area contributed by atoms with Gasteiger partial charge < -0.3 is 31.9 Å². The minimum atomic E-state index is -0.867. The van der Waals surface area contributed by atoms with Crippen LogP contribution >= 0.6 is 0 Å². The van der Waals surface area contributed by atoms with Crippen molar-refractivity contribution in [3.05, 3.63) is 29.3 Å². The zero-order valence-electron chi connectivity index (χ0n) is 25.8. The van der Waals surface area contributed by atoms with Crippen LogP contribution in [0, 0.1) is 17.3 Å². The van der Waals surface area contributed by atoms with Crippen molar-refractivity contribution in [1.29, 1.82) is 0 Å². The van der Waals surface area contributed by atoms with E-state index in [4.69, 9.17) is 16.2 Å². The van der Waals surface area contributed by atoms with E-state index in [0.29, 0.717) is 13.2 Å². The van der Waals surface area contributed by atoms with E-state index in [1.54, 1.807) is 21.0 Å². The fourth-order valence-electron chi connectivity index (χ4n) is 5.34. The SMILES string of the molecule is COCCCC(c1ccc2c(c1)NCCC2)N(C[C@H](N)[C@@H](O)C[C@H](C(=O)NCC(C)(C)C(N)=O)C(C)C)C(C)C. The Morgan fingerprint density at radius 2 is 1.93 bits per heavy atom. The predicted octanol–water partition coefficient (Wildman–Crippen LogP) is 3.20. The molecule has 1 aliphatic heterocycles. The van der Waals surface area contributed by atoms with E-state index in [1.807, 2.05) is 13.8 Å². The highest BCUT2D eigenvalue weighted by atomic mass is 16.5. The predicted molar refractivity (Wildman–Crippen MR) is 162 cm³/mol. The molecule has 4 atom stereocenters. The van der Waals surface area contributed by atoms with Gasteiger partial charge in [-0.1, -0.05) is 26.0 Å². The Kier molecular flexibility index (Phi) is 13.4. The molecule has 0 saturated heterocycles. The molecule has 1 aromatic rings. The van der Waals surface area contributed by atoms with Gasteiger partial charge in [-0.3, -0.25) is 14.5 Å². The summed E-state index contributed by atoms with van der Waals surface area (Å²) in [6.45, 7) is 13.9. The molecule has 0 fully saturated rings. The number of amides is 2. The number of fused-ring (bicyclic) bond motifs is 1. The highest BCUT2D eigenvalue weighted by Gasteiger charge is 2.33. The normalized spacial score (nSPS) is 16.8. The Balaban J connectivity index is 2.18. The first-order valence-corrected chi connectivity index (χ1v) is 14.9. The van der Waals surface area contributed by atoms with Crippen LogP contribution in [-0.2, 0) is 20.7 Å². The van der Waals surface area contributed by atoms with Crippen LogP contribution in [0.2, 0.25) is 0 Å². The molecular formula is C31H55N5O4. The fourth-order valence-corrected chi connectivity index (χ4v) is 5.34. The second-order valence-electron chi connectivity index (χ2n) is 12.7. The third kappa shape index (κ3) is 9.72. The van der Waals surface area contributed by atoms with Crippen LogP contribution in [0.4, 0.5) is 5.69 Å². The third-order valence-electron chi connectivity index (χ3n) is 8.27. The van der Waals surface area contributed by atoms with Crippen LogP contribution in [0.5, 0.6) is 0 Å². The molecule has 2 rings (SSSR count). The molecule has 0 bridgehead atoms. The Morgan fingerprint density at radius 1 is 1.23 bits per heavy atom. The van der Waals surface area contributed by atoms with Crippen LogP contribution in [0.1, 0.15) is 84.4 Å². The lowest BCUT2D eigenvalue weighted by atomic mass is 9.86. The number of nitrogens with zero attached hydrogens (tertiary/aromatic N) is 1. The average Bonchev–Trinajstić information content (AvgIpc) is 2.90. The lowest BCUT2D eigenvalue weighted by Gasteiger charge is -2.39. The summed E-state index contributed by atoms with van der Waals surface area (Å²) in [6.07, 6.45) is 3.42. The number of anilines is 1. The van der Waals surface area contributed by atoms with Crippen LogP contribution in [0.3, 0.4) is 0 Å². The van der Waals surface area contributed by atoms with Gasteiger partial charge >= 0.3 is 0 Å². The number of carbonyl (C=O) groups excluding carboxylic acids is 2. The number of hydrogen-bond donors (Lipinski definition) is 5. The van der Waals surface area contributed by atoms with Crippen molar-refractivity contribution in [2.45, 2.75) is 97.9 Å². The van der Waals surface area contributed by atoms with Crippen molar-refractivity contribution in [2.75, 3.05) is 38.7 Å². The Bertz CT molecular complexity index is 952. The van der Waals surface area contributed by atoms with Gasteiger partial charge in [-0.15, -0.1) is 0 Å². The molecule has 9 nitrogen and oxygen atoms in total. The number of primary amides is 1. The summed E-state index contributed by atoms with van der Waals surface area (Å²) in [6, 6.07) is 6.50. The van der Waals surface area contributed by atoms with E-state index >= 15 is 0 Å². The van der Waals surface area contributed by atoms with E-state index in [2.05, 4.69) is 47.6 Å². The number of rotatable bonds is 17. The summed E-state index contributed by atoms with van der Waals surface area (Å²) >= 11 is 0. The maximum atomic E-state index is 13.1. The fraction of sp³-hybridized carbons (Fsp3) is 0.742. The molecule has 0 saturated carbocycles. The van der Waals surface area contributed by atoms with Crippen molar-refractivity contribution in [2.24, 2.45) is 28.7 Å². The summed E-state index contributed by atoms with van der Waals surface area (Å²) in [5.74, 6) is -1.12. The molecule has 1 aromatic carbocycles. The molecule has 0 spiro atoms. The Labute approximate surface area is 241 Å². The Hall–Kier alpha value is -2.20. The van der Waals surface area contributed by atoms with Gasteiger partial charge in [0.25, 0.3) is 0 Å². The van der Waals surface area contributed by atoms with E-state index in [0.717, 1.165) is 32.2 Å². The minimum absolute atomic E-state index is 0.00969. The van der Waals surface area contributed by atoms with E-state index in [-0.39, 0.29) is 36.9 Å². The van der Waals surface area contributed by atoms with Crippen molar-refractivity contribution >= 4 is 17.5 Å². The van der Waals surface area contributed by atoms with Crippen LogP contribution in [0.15, 0.2) is 18.2 Å². The van der Waals surface area contributed by atoms with Crippen LogP contribution in [0.25, 0.3) is 0 Å². The van der Waals surface area contributed by atoms with E-state index in [9.17, 15) is 14.7 Å². The van der Waals surface area contributed by atoms with Gasteiger partial charge in [-0.05, 0) is 82.9 Å². The van der Waals surface area contributed by atoms with Gasteiger partial charge in [0, 0.05) is 63.1 Å². The first-order valence-electron chi connectivity index (χ1n) is 14.9. The number of aryl methyl sites for hydroxylation is 1. The van der Waals surface area contributed by atoms with Gasteiger partial charge in [0.05, 0.1) is 11.5 Å². The lowest BCUT2D eigenvalue weighted by molar-refractivity contribution is -0.130. The van der Waals surface area contributed by atoms with Gasteiger partial charge in [-0.25, -0.2) is 0 Å². The van der Waals surface area contributed by atoms with Gasteiger partial charge in [0.2, 0.25) is 11.8 Å². The second kappa shape index (κ2) is 15.7. The summed E-state index contributed by atoms with van der Waals surface area (Å²) in [7, 11) is 1.72. The number of aliphatic hydroxyl groups excluding tert-OH is 1. The molecule has 0 aliphatic carbocycles. The monoisotopic (exact) mass is 561 g/mol. The van der Waals surface area contributed by atoms with Gasteiger partial charge in [0.15, 0.2) is 0 Å². The van der Waals surface area contributed by atoms with Crippen molar-refractivity contribution in [1.82, 2.24) is 10.2 Å². The standard InChI is InChI=1S/C31H55N5O4/c1-20(2)24(29(38)35-19-31(5,6)30(33)39)17-28(37)25(32)18-36(21(3)4)27(11-9-15-40-7)23-13-12-22-10-8-14-34-26(22)16-23/h12-13,16,20-21,24-25,27-28,34,37H,8-11,14-15,17-19,32H2,1-7H3,(H2,33,39)(H,35,38)/t24-,25-,27?,28-/m0/s1. The van der Waals surface area contributed by atoms with E-state index in [1.165, 1.54) is 16.8 Å². The van der Waals surface area contributed by atoms with Crippen molar-refractivity contribution in [3.8, 4) is 0 Å². The molecule has 1 heterocycles. The zero-order chi connectivity index (χ0) is 30.0. The Morgan fingerprint density at radius 3 is 2.52 bits per heavy atom. The highest BCUT2D eigenvalue weighted by molar-refractivity contribution is 5.83. The number of ether oxygens (including phenoxy) is 1. The summed E-state index contributed by atoms with van der Waals surface area (Å²) in [5, 5.41) is 17.6. The molecule has 9 heteroatoms. The molecule has 1 unspecified atom stereocenters. The zero-order valence-corrected chi connectivity index (χ0v) is 25.8. The molecule has 40 heavy (non-hydrogen) atoms. The van der Waals surface area contributed by atoms with Crippen molar-refractivity contribution < 1.29 is 19.4 Å². The summed E-state index contributed by atoms with van der Waals surface area (Å²) in [5.41, 5.74) is 15.0. The number of methoxy groups -OCH3 is 1. The first-order chi connectivity index (χ1) is 18.8. The van der Waals surface area contributed by atoms with Gasteiger partial charge in [-0.2, -0.15) is 0 Å². The van der Waals surface area contributed by atoms with E-state index < -0.39 is 29.4 Å². The summed E-state index contributed by atoms with van der Waals surface area (Å²) in [4.78, 5) is 27.1.